The van der Waals surface area contributed by atoms with Crippen LogP contribution in [0.25, 0.3) is 0 Å². The molecule has 0 aliphatic heterocycles. The average molecular weight is 256 g/mol. The molecule has 0 aromatic heterocycles. The lowest BCUT2D eigenvalue weighted by molar-refractivity contribution is -0.142. The van der Waals surface area contributed by atoms with E-state index in [0.717, 1.165) is 12.8 Å². The summed E-state index contributed by atoms with van der Waals surface area (Å²) in [7, 11) is 1.74. The van der Waals surface area contributed by atoms with Crippen molar-refractivity contribution in [2.75, 3.05) is 13.6 Å². The smallest absolute Gasteiger partial charge is 0.317 e. The van der Waals surface area contributed by atoms with Gasteiger partial charge < -0.3 is 15.3 Å². The lowest BCUT2D eigenvalue weighted by atomic mass is 9.96. The minimum absolute atomic E-state index is 0.0357. The van der Waals surface area contributed by atoms with Gasteiger partial charge in [0.05, 0.1) is 5.92 Å². The van der Waals surface area contributed by atoms with Crippen molar-refractivity contribution >= 4 is 12.0 Å². The van der Waals surface area contributed by atoms with Gasteiger partial charge in [0, 0.05) is 19.6 Å². The van der Waals surface area contributed by atoms with Crippen molar-refractivity contribution in [2.45, 2.75) is 46.1 Å². The molecule has 5 heteroatoms. The molecule has 5 nitrogen and oxygen atoms in total. The summed E-state index contributed by atoms with van der Waals surface area (Å²) < 4.78 is 0. The Morgan fingerprint density at radius 1 is 1.33 bits per heavy atom. The number of nitrogens with zero attached hydrogens (tertiary/aromatic N) is 1. The zero-order chi connectivity index (χ0) is 13.9. The van der Waals surface area contributed by atoms with E-state index in [1.807, 2.05) is 0 Å². The number of hydrogen-bond acceptors (Lipinski definition) is 2. The largest absolute Gasteiger partial charge is 0.481 e. The van der Waals surface area contributed by atoms with E-state index in [2.05, 4.69) is 26.1 Å². The third-order valence-electron chi connectivity index (χ3n) is 3.20. The molecule has 104 valence electrons. The quantitative estimate of drug-likeness (QED) is 0.810. The van der Waals surface area contributed by atoms with Crippen LogP contribution in [-0.2, 0) is 4.79 Å². The summed E-state index contributed by atoms with van der Waals surface area (Å²) in [4.78, 5) is 24.6. The topological polar surface area (TPSA) is 69.6 Å². The van der Waals surface area contributed by atoms with Crippen LogP contribution in [0.5, 0.6) is 0 Å². The van der Waals surface area contributed by atoms with E-state index in [0.29, 0.717) is 13.0 Å². The van der Waals surface area contributed by atoms with E-state index in [1.54, 1.807) is 11.9 Å². The number of carbonyl (C=O) groups excluding carboxylic acids is 1. The Hall–Kier alpha value is -1.26. The molecule has 0 spiro atoms. The number of aliphatic carboxylic acids is 1. The first kappa shape index (κ1) is 14.8. The van der Waals surface area contributed by atoms with Gasteiger partial charge in [-0.3, -0.25) is 4.79 Å². The van der Waals surface area contributed by atoms with Gasteiger partial charge in [-0.05, 0) is 18.3 Å². The van der Waals surface area contributed by atoms with Gasteiger partial charge in [0.25, 0.3) is 0 Å². The van der Waals surface area contributed by atoms with Crippen LogP contribution in [0, 0.1) is 11.3 Å². The molecule has 1 rings (SSSR count). The van der Waals surface area contributed by atoms with Crippen LogP contribution in [0.15, 0.2) is 0 Å². The molecule has 1 aliphatic rings. The highest BCUT2D eigenvalue weighted by Crippen LogP contribution is 2.26. The minimum atomic E-state index is -0.809. The molecular weight excluding hydrogens is 232 g/mol. The summed E-state index contributed by atoms with van der Waals surface area (Å²) in [5.74, 6) is -1.24. The molecule has 1 saturated carbocycles. The fourth-order valence-electron chi connectivity index (χ4n) is 2.48. The number of carboxylic acids is 1. The molecular formula is C13H24N2O3. The fraction of sp³-hybridized carbons (Fsp3) is 0.846. The standard InChI is InChI=1S/C13H24N2O3/c1-13(2,3)8-15(4)12(18)14-10-7-5-6-9(10)11(16)17/h9-10H,5-8H2,1-4H3,(H,14,18)(H,16,17). The van der Waals surface area contributed by atoms with Crippen molar-refractivity contribution in [1.29, 1.82) is 0 Å². The van der Waals surface area contributed by atoms with Gasteiger partial charge in [-0.15, -0.1) is 0 Å². The predicted molar refractivity (Wildman–Crippen MR) is 69.4 cm³/mol. The van der Waals surface area contributed by atoms with E-state index in [-0.39, 0.29) is 17.5 Å². The van der Waals surface area contributed by atoms with Crippen molar-refractivity contribution in [2.24, 2.45) is 11.3 Å². The van der Waals surface area contributed by atoms with Crippen molar-refractivity contribution in [3.05, 3.63) is 0 Å². The van der Waals surface area contributed by atoms with E-state index in [9.17, 15) is 9.59 Å². The van der Waals surface area contributed by atoms with Crippen LogP contribution in [0.1, 0.15) is 40.0 Å². The van der Waals surface area contributed by atoms with Crippen LogP contribution in [0.4, 0.5) is 4.79 Å². The highest BCUT2D eigenvalue weighted by molar-refractivity contribution is 5.77. The number of nitrogens with one attached hydrogen (secondary N) is 1. The molecule has 0 saturated heterocycles. The number of rotatable bonds is 3. The second-order valence-electron chi connectivity index (χ2n) is 6.35. The molecule has 0 aromatic carbocycles. The number of urea groups is 1. The first-order valence-electron chi connectivity index (χ1n) is 6.45. The second-order valence-corrected chi connectivity index (χ2v) is 6.35. The Balaban J connectivity index is 2.51. The Labute approximate surface area is 109 Å². The maximum Gasteiger partial charge on any atom is 0.317 e. The van der Waals surface area contributed by atoms with Crippen LogP contribution in [0.3, 0.4) is 0 Å². The lowest BCUT2D eigenvalue weighted by Crippen LogP contribution is -2.47. The van der Waals surface area contributed by atoms with Crippen LogP contribution >= 0.6 is 0 Å². The Morgan fingerprint density at radius 2 is 1.94 bits per heavy atom. The van der Waals surface area contributed by atoms with Crippen LogP contribution in [0.2, 0.25) is 0 Å². The molecule has 0 bridgehead atoms. The van der Waals surface area contributed by atoms with Crippen molar-refractivity contribution in [3.63, 3.8) is 0 Å². The SMILES string of the molecule is CN(CC(C)(C)C)C(=O)NC1CCCC1C(=O)O. The van der Waals surface area contributed by atoms with E-state index >= 15 is 0 Å². The molecule has 1 fully saturated rings. The summed E-state index contributed by atoms with van der Waals surface area (Å²) in [5, 5.41) is 11.9. The summed E-state index contributed by atoms with van der Waals surface area (Å²) in [6, 6.07) is -0.402. The van der Waals surface area contributed by atoms with Gasteiger partial charge in [-0.25, -0.2) is 4.79 Å². The molecule has 0 heterocycles. The van der Waals surface area contributed by atoms with Gasteiger partial charge in [-0.2, -0.15) is 0 Å². The van der Waals surface area contributed by atoms with Crippen molar-refractivity contribution < 1.29 is 14.7 Å². The normalized spacial score (nSPS) is 23.8. The molecule has 2 atom stereocenters. The summed E-state index contributed by atoms with van der Waals surface area (Å²) in [5.41, 5.74) is 0.0357. The van der Waals surface area contributed by atoms with Crippen molar-refractivity contribution in [1.82, 2.24) is 10.2 Å². The Kier molecular flexibility index (Phi) is 4.59. The zero-order valence-corrected chi connectivity index (χ0v) is 11.7. The lowest BCUT2D eigenvalue weighted by Gasteiger charge is -2.28. The Morgan fingerprint density at radius 3 is 2.44 bits per heavy atom. The van der Waals surface area contributed by atoms with Crippen molar-refractivity contribution in [3.8, 4) is 0 Å². The predicted octanol–water partition coefficient (Wildman–Crippen LogP) is 1.93. The van der Waals surface area contributed by atoms with Crippen LogP contribution < -0.4 is 5.32 Å². The maximum atomic E-state index is 12.0. The minimum Gasteiger partial charge on any atom is -0.481 e. The third kappa shape index (κ3) is 4.20. The van der Waals surface area contributed by atoms with Gasteiger partial charge in [-0.1, -0.05) is 27.2 Å². The number of carboxylic acid groups (broad SMARTS) is 1. The van der Waals surface area contributed by atoms with E-state index in [4.69, 9.17) is 5.11 Å². The monoisotopic (exact) mass is 256 g/mol. The second kappa shape index (κ2) is 5.59. The van der Waals surface area contributed by atoms with Crippen LogP contribution in [-0.4, -0.2) is 41.6 Å². The summed E-state index contributed by atoms with van der Waals surface area (Å²) >= 11 is 0. The number of hydrogen-bond donors (Lipinski definition) is 2. The highest BCUT2D eigenvalue weighted by atomic mass is 16.4. The fourth-order valence-corrected chi connectivity index (χ4v) is 2.48. The maximum absolute atomic E-state index is 12.0. The number of carbonyl (C=O) groups is 2. The highest BCUT2D eigenvalue weighted by Gasteiger charge is 2.34. The first-order valence-corrected chi connectivity index (χ1v) is 6.45. The van der Waals surface area contributed by atoms with Gasteiger partial charge in [0.1, 0.15) is 0 Å². The third-order valence-corrected chi connectivity index (χ3v) is 3.20. The first-order chi connectivity index (χ1) is 8.20. The van der Waals surface area contributed by atoms with Gasteiger partial charge in [0.2, 0.25) is 0 Å². The van der Waals surface area contributed by atoms with E-state index in [1.165, 1.54) is 0 Å². The molecule has 2 unspecified atom stereocenters. The Bertz CT molecular complexity index is 323. The van der Waals surface area contributed by atoms with E-state index < -0.39 is 11.9 Å². The zero-order valence-electron chi connectivity index (χ0n) is 11.7. The average Bonchev–Trinajstić information content (AvgIpc) is 2.62. The van der Waals surface area contributed by atoms with Gasteiger partial charge >= 0.3 is 12.0 Å². The summed E-state index contributed by atoms with van der Waals surface area (Å²) in [6.07, 6.45) is 2.28. The molecule has 0 aromatic rings. The summed E-state index contributed by atoms with van der Waals surface area (Å²) in [6.45, 7) is 6.83. The molecule has 1 aliphatic carbocycles. The molecule has 18 heavy (non-hydrogen) atoms. The molecule has 2 amide bonds. The van der Waals surface area contributed by atoms with Gasteiger partial charge in [0.15, 0.2) is 0 Å². The molecule has 2 N–H and O–H groups in total. The number of amides is 2. The molecule has 0 radical (unpaired) electrons.